The van der Waals surface area contributed by atoms with Crippen molar-refractivity contribution >= 4 is 11.8 Å². The van der Waals surface area contributed by atoms with Gasteiger partial charge in [-0.3, -0.25) is 4.79 Å². The number of ether oxygens (including phenoxy) is 1. The second-order valence-electron chi connectivity index (χ2n) is 2.81. The van der Waals surface area contributed by atoms with E-state index in [0.717, 1.165) is 6.42 Å². The normalized spacial score (nSPS) is 12.2. The van der Waals surface area contributed by atoms with Crippen LogP contribution in [-0.4, -0.2) is 24.4 Å². The molecule has 0 aromatic heterocycles. The number of esters is 1. The second-order valence-corrected chi connectivity index (χ2v) is 2.81. The molecule has 0 spiro atoms. The number of rotatable bonds is 5. The van der Waals surface area contributed by atoms with Crippen LogP contribution in [0.25, 0.3) is 0 Å². The van der Waals surface area contributed by atoms with Gasteiger partial charge >= 0.3 is 5.97 Å². The van der Waals surface area contributed by atoms with Gasteiger partial charge in [-0.05, 0) is 19.8 Å². The van der Waals surface area contributed by atoms with Gasteiger partial charge in [0.05, 0.1) is 6.61 Å². The lowest BCUT2D eigenvalue weighted by molar-refractivity contribution is -0.153. The first-order valence-electron chi connectivity index (χ1n) is 3.97. The van der Waals surface area contributed by atoms with Gasteiger partial charge in [0.2, 0.25) is 5.78 Å². The maximum atomic E-state index is 10.6. The first-order chi connectivity index (χ1) is 5.54. The minimum atomic E-state index is -0.764. The Morgan fingerprint density at radius 2 is 2.08 bits per heavy atom. The topological polar surface area (TPSA) is 69.4 Å². The van der Waals surface area contributed by atoms with Crippen LogP contribution in [0.15, 0.2) is 0 Å². The summed E-state index contributed by atoms with van der Waals surface area (Å²) in [5.41, 5.74) is 5.46. The maximum absolute atomic E-state index is 10.6. The summed E-state index contributed by atoms with van der Waals surface area (Å²) < 4.78 is 4.61. The fraction of sp³-hybridized carbons (Fsp3) is 0.750. The van der Waals surface area contributed by atoms with Gasteiger partial charge in [-0.25, -0.2) is 4.79 Å². The zero-order valence-electron chi connectivity index (χ0n) is 7.50. The monoisotopic (exact) mass is 173 g/mol. The third kappa shape index (κ3) is 5.85. The molecular weight excluding hydrogens is 158 g/mol. The summed E-state index contributed by atoms with van der Waals surface area (Å²) in [4.78, 5) is 21.0. The van der Waals surface area contributed by atoms with E-state index in [-0.39, 0.29) is 12.6 Å². The van der Waals surface area contributed by atoms with Gasteiger partial charge in [0, 0.05) is 13.0 Å². The highest BCUT2D eigenvalue weighted by atomic mass is 16.5. The average molecular weight is 173 g/mol. The Hall–Kier alpha value is -0.900. The zero-order chi connectivity index (χ0) is 9.56. The zero-order valence-corrected chi connectivity index (χ0v) is 7.50. The Bertz CT molecular complexity index is 166. The molecule has 70 valence electrons. The lowest BCUT2D eigenvalue weighted by atomic mass is 10.2. The van der Waals surface area contributed by atoms with Crippen molar-refractivity contribution < 1.29 is 14.3 Å². The minimum absolute atomic E-state index is 0.112. The predicted octanol–water partition coefficient (Wildman–Crippen LogP) is 0.246. The summed E-state index contributed by atoms with van der Waals surface area (Å²) in [5, 5.41) is 0. The van der Waals surface area contributed by atoms with Crippen molar-refractivity contribution in [1.82, 2.24) is 0 Å². The molecule has 0 aliphatic heterocycles. The fourth-order valence-electron chi connectivity index (χ4n) is 0.672. The van der Waals surface area contributed by atoms with Crippen LogP contribution in [0.2, 0.25) is 0 Å². The quantitative estimate of drug-likeness (QED) is 0.367. The summed E-state index contributed by atoms with van der Waals surface area (Å²) in [6.45, 7) is 3.35. The van der Waals surface area contributed by atoms with Gasteiger partial charge in [0.25, 0.3) is 0 Å². The first-order valence-corrected chi connectivity index (χ1v) is 3.97. The first kappa shape index (κ1) is 11.1. The Kier molecular flexibility index (Phi) is 5.28. The van der Waals surface area contributed by atoms with Gasteiger partial charge in [-0.1, -0.05) is 0 Å². The van der Waals surface area contributed by atoms with Crippen molar-refractivity contribution in [3.8, 4) is 0 Å². The highest BCUT2D eigenvalue weighted by Crippen LogP contribution is 1.94. The van der Waals surface area contributed by atoms with Crippen LogP contribution in [-0.2, 0) is 14.3 Å². The average Bonchev–Trinajstić information content (AvgIpc) is 1.97. The number of hydrogen-bond acceptors (Lipinski definition) is 4. The lowest BCUT2D eigenvalue weighted by Gasteiger charge is -2.04. The summed E-state index contributed by atoms with van der Waals surface area (Å²) in [6, 6.07) is 0.112. The summed E-state index contributed by atoms with van der Waals surface area (Å²) in [7, 11) is 0. The number of ketones is 1. The molecule has 4 heteroatoms. The van der Waals surface area contributed by atoms with Crippen LogP contribution in [0.4, 0.5) is 0 Å². The number of carbonyl (C=O) groups is 2. The molecule has 0 bridgehead atoms. The SMILES string of the molecule is CC(=O)C(=O)OCCCC(C)N. The van der Waals surface area contributed by atoms with Crippen molar-refractivity contribution in [2.24, 2.45) is 5.73 Å². The van der Waals surface area contributed by atoms with Gasteiger partial charge in [-0.15, -0.1) is 0 Å². The van der Waals surface area contributed by atoms with Gasteiger partial charge in [-0.2, -0.15) is 0 Å². The van der Waals surface area contributed by atoms with E-state index in [2.05, 4.69) is 4.74 Å². The molecule has 4 nitrogen and oxygen atoms in total. The second kappa shape index (κ2) is 5.71. The number of Topliss-reactive ketones (excluding diaryl/α,β-unsaturated/α-hetero) is 1. The Morgan fingerprint density at radius 1 is 1.50 bits per heavy atom. The highest BCUT2D eigenvalue weighted by molar-refractivity contribution is 6.32. The molecule has 0 saturated heterocycles. The summed E-state index contributed by atoms with van der Waals surface area (Å²) in [5.74, 6) is -1.32. The molecule has 0 fully saturated rings. The van der Waals surface area contributed by atoms with Crippen LogP contribution >= 0.6 is 0 Å². The largest absolute Gasteiger partial charge is 0.460 e. The van der Waals surface area contributed by atoms with Crippen molar-refractivity contribution in [2.45, 2.75) is 32.7 Å². The molecule has 0 saturated carbocycles. The number of hydrogen-bond donors (Lipinski definition) is 1. The van der Waals surface area contributed by atoms with Crippen molar-refractivity contribution in [1.29, 1.82) is 0 Å². The molecule has 0 heterocycles. The molecule has 2 N–H and O–H groups in total. The summed E-state index contributed by atoms with van der Waals surface area (Å²) in [6.07, 6.45) is 1.50. The van der Waals surface area contributed by atoms with E-state index in [1.54, 1.807) is 0 Å². The van der Waals surface area contributed by atoms with Gasteiger partial charge < -0.3 is 10.5 Å². The molecule has 0 rings (SSSR count). The highest BCUT2D eigenvalue weighted by Gasteiger charge is 2.07. The van der Waals surface area contributed by atoms with E-state index in [1.165, 1.54) is 6.92 Å². The molecule has 12 heavy (non-hydrogen) atoms. The van der Waals surface area contributed by atoms with E-state index in [4.69, 9.17) is 5.73 Å². The van der Waals surface area contributed by atoms with Crippen LogP contribution < -0.4 is 5.73 Å². The lowest BCUT2D eigenvalue weighted by Crippen LogP contribution is -2.18. The van der Waals surface area contributed by atoms with Gasteiger partial charge in [0.1, 0.15) is 0 Å². The standard InChI is InChI=1S/C8H15NO3/c1-6(9)4-3-5-12-8(11)7(2)10/h6H,3-5,9H2,1-2H3. The van der Waals surface area contributed by atoms with Crippen LogP contribution in [0.3, 0.4) is 0 Å². The third-order valence-electron chi connectivity index (χ3n) is 1.32. The predicted molar refractivity (Wildman–Crippen MR) is 44.5 cm³/mol. The molecule has 1 atom stereocenters. The maximum Gasteiger partial charge on any atom is 0.374 e. The molecule has 1 unspecified atom stereocenters. The van der Waals surface area contributed by atoms with Crippen molar-refractivity contribution in [2.75, 3.05) is 6.61 Å². The molecule has 0 aliphatic rings. The van der Waals surface area contributed by atoms with E-state index < -0.39 is 11.8 Å². The third-order valence-corrected chi connectivity index (χ3v) is 1.32. The van der Waals surface area contributed by atoms with E-state index in [1.807, 2.05) is 6.92 Å². The number of carbonyl (C=O) groups excluding carboxylic acids is 2. The fourth-order valence-corrected chi connectivity index (χ4v) is 0.672. The van der Waals surface area contributed by atoms with E-state index in [0.29, 0.717) is 6.42 Å². The minimum Gasteiger partial charge on any atom is -0.460 e. The smallest absolute Gasteiger partial charge is 0.374 e. The van der Waals surface area contributed by atoms with Crippen LogP contribution in [0.1, 0.15) is 26.7 Å². The molecule has 0 radical (unpaired) electrons. The Labute approximate surface area is 72.1 Å². The van der Waals surface area contributed by atoms with Crippen LogP contribution in [0.5, 0.6) is 0 Å². The molecule has 0 amide bonds. The molecule has 0 aromatic carbocycles. The molecule has 0 aromatic rings. The molecular formula is C8H15NO3. The molecule has 0 aliphatic carbocycles. The summed E-state index contributed by atoms with van der Waals surface area (Å²) >= 11 is 0. The number of nitrogens with two attached hydrogens (primary N) is 1. The van der Waals surface area contributed by atoms with Gasteiger partial charge in [0.15, 0.2) is 0 Å². The Balaban J connectivity index is 3.32. The Morgan fingerprint density at radius 3 is 2.50 bits per heavy atom. The van der Waals surface area contributed by atoms with E-state index in [9.17, 15) is 9.59 Å². The van der Waals surface area contributed by atoms with E-state index >= 15 is 0 Å². The van der Waals surface area contributed by atoms with Crippen molar-refractivity contribution in [3.05, 3.63) is 0 Å². The van der Waals surface area contributed by atoms with Crippen LogP contribution in [0, 0.1) is 0 Å². The van der Waals surface area contributed by atoms with Crippen molar-refractivity contribution in [3.63, 3.8) is 0 Å².